The Morgan fingerprint density at radius 2 is 2.10 bits per heavy atom. The molecule has 2 heterocycles. The number of hydrogen-bond donors (Lipinski definition) is 1. The molecule has 1 aromatic heterocycles. The largest absolute Gasteiger partial charge is 0.423 e. The van der Waals surface area contributed by atoms with Crippen LogP contribution in [-0.2, 0) is 9.59 Å². The van der Waals surface area contributed by atoms with E-state index in [2.05, 4.69) is 0 Å². The third-order valence-electron chi connectivity index (χ3n) is 3.77. The number of hydrogen-bond acceptors (Lipinski definition) is 4. The van der Waals surface area contributed by atoms with Crippen LogP contribution in [0, 0.1) is 12.8 Å². The van der Waals surface area contributed by atoms with E-state index in [1.54, 1.807) is 18.2 Å². The summed E-state index contributed by atoms with van der Waals surface area (Å²) in [5, 5.41) is 0.816. The van der Waals surface area contributed by atoms with Crippen molar-refractivity contribution in [3.05, 3.63) is 40.2 Å². The quantitative estimate of drug-likeness (QED) is 0.831. The van der Waals surface area contributed by atoms with Crippen molar-refractivity contribution in [2.75, 3.05) is 11.4 Å². The number of fused-ring (bicyclic) bond motifs is 1. The van der Waals surface area contributed by atoms with Gasteiger partial charge in [0, 0.05) is 36.2 Å². The summed E-state index contributed by atoms with van der Waals surface area (Å²) >= 11 is 0. The lowest BCUT2D eigenvalue weighted by atomic mass is 10.1. The number of rotatable bonds is 2. The van der Waals surface area contributed by atoms with Crippen LogP contribution in [0.5, 0.6) is 0 Å². The van der Waals surface area contributed by atoms with Crippen molar-refractivity contribution in [1.82, 2.24) is 0 Å². The number of carbonyl (C=O) groups excluding carboxylic acids is 2. The number of anilines is 1. The fraction of sp³-hybridized carbons (Fsp3) is 0.267. The van der Waals surface area contributed by atoms with Crippen molar-refractivity contribution in [3.8, 4) is 0 Å². The van der Waals surface area contributed by atoms with E-state index in [4.69, 9.17) is 10.2 Å². The van der Waals surface area contributed by atoms with E-state index in [1.807, 2.05) is 6.92 Å². The van der Waals surface area contributed by atoms with Crippen LogP contribution in [0.15, 0.2) is 33.5 Å². The molecular weight excluding hydrogens is 272 g/mol. The standard InChI is InChI=1S/C15H14N2O4/c1-8-4-14(19)21-12-6-10(2-3-11(8)12)17-7-9(15(16)20)5-13(17)18/h2-4,6,9H,5,7H2,1H3,(H2,16,20). The van der Waals surface area contributed by atoms with Crippen LogP contribution in [0.4, 0.5) is 5.69 Å². The Hall–Kier alpha value is -2.63. The Labute approximate surface area is 120 Å². The van der Waals surface area contributed by atoms with E-state index in [1.165, 1.54) is 11.0 Å². The molecule has 1 aliphatic rings. The maximum absolute atomic E-state index is 12.0. The molecule has 21 heavy (non-hydrogen) atoms. The molecule has 1 fully saturated rings. The van der Waals surface area contributed by atoms with Gasteiger partial charge in [-0.05, 0) is 24.6 Å². The second kappa shape index (κ2) is 4.73. The van der Waals surface area contributed by atoms with Crippen LogP contribution in [0.3, 0.4) is 0 Å². The van der Waals surface area contributed by atoms with Crippen molar-refractivity contribution in [2.24, 2.45) is 11.7 Å². The van der Waals surface area contributed by atoms with Crippen molar-refractivity contribution in [3.63, 3.8) is 0 Å². The zero-order chi connectivity index (χ0) is 15.1. The van der Waals surface area contributed by atoms with E-state index < -0.39 is 17.5 Å². The predicted molar refractivity (Wildman–Crippen MR) is 76.9 cm³/mol. The zero-order valence-electron chi connectivity index (χ0n) is 11.5. The highest BCUT2D eigenvalue weighted by Crippen LogP contribution is 2.28. The Kier molecular flexibility index (Phi) is 3.01. The summed E-state index contributed by atoms with van der Waals surface area (Å²) in [6, 6.07) is 6.64. The smallest absolute Gasteiger partial charge is 0.336 e. The number of nitrogens with two attached hydrogens (primary N) is 1. The lowest BCUT2D eigenvalue weighted by Gasteiger charge is -2.16. The Morgan fingerprint density at radius 3 is 2.76 bits per heavy atom. The average molecular weight is 286 g/mol. The Morgan fingerprint density at radius 1 is 1.33 bits per heavy atom. The van der Waals surface area contributed by atoms with Crippen LogP contribution in [0.2, 0.25) is 0 Å². The molecule has 1 unspecified atom stereocenters. The van der Waals surface area contributed by atoms with Crippen molar-refractivity contribution >= 4 is 28.5 Å². The summed E-state index contributed by atoms with van der Waals surface area (Å²) in [5.41, 5.74) is 6.66. The van der Waals surface area contributed by atoms with Gasteiger partial charge in [-0.25, -0.2) is 4.79 Å². The second-order valence-corrected chi connectivity index (χ2v) is 5.24. The van der Waals surface area contributed by atoms with Gasteiger partial charge in [-0.1, -0.05) is 0 Å². The molecule has 0 spiro atoms. The Bertz CT molecular complexity index is 809. The maximum Gasteiger partial charge on any atom is 0.336 e. The first-order valence-electron chi connectivity index (χ1n) is 6.60. The van der Waals surface area contributed by atoms with E-state index in [0.717, 1.165) is 10.9 Å². The summed E-state index contributed by atoms with van der Waals surface area (Å²) in [7, 11) is 0. The third-order valence-corrected chi connectivity index (χ3v) is 3.77. The topological polar surface area (TPSA) is 93.6 Å². The monoisotopic (exact) mass is 286 g/mol. The number of carbonyl (C=O) groups is 2. The minimum Gasteiger partial charge on any atom is -0.423 e. The molecular formula is C15H14N2O4. The number of benzene rings is 1. The zero-order valence-corrected chi connectivity index (χ0v) is 11.5. The van der Waals surface area contributed by atoms with E-state index in [-0.39, 0.29) is 18.9 Å². The highest BCUT2D eigenvalue weighted by Gasteiger charge is 2.34. The predicted octanol–water partition coefficient (Wildman–Crippen LogP) is 0.940. The second-order valence-electron chi connectivity index (χ2n) is 5.24. The molecule has 1 atom stereocenters. The number of nitrogens with zero attached hydrogens (tertiary/aromatic N) is 1. The first kappa shape index (κ1) is 13.4. The van der Waals surface area contributed by atoms with E-state index in [0.29, 0.717) is 11.3 Å². The van der Waals surface area contributed by atoms with Gasteiger partial charge < -0.3 is 15.1 Å². The van der Waals surface area contributed by atoms with Gasteiger partial charge in [0.15, 0.2) is 0 Å². The van der Waals surface area contributed by atoms with Gasteiger partial charge in [-0.3, -0.25) is 9.59 Å². The molecule has 6 heteroatoms. The van der Waals surface area contributed by atoms with Gasteiger partial charge >= 0.3 is 5.63 Å². The lowest BCUT2D eigenvalue weighted by molar-refractivity contribution is -0.123. The van der Waals surface area contributed by atoms with E-state index in [9.17, 15) is 14.4 Å². The van der Waals surface area contributed by atoms with Crippen LogP contribution < -0.4 is 16.3 Å². The highest BCUT2D eigenvalue weighted by atomic mass is 16.4. The first-order valence-corrected chi connectivity index (χ1v) is 6.60. The number of primary amides is 1. The fourth-order valence-corrected chi connectivity index (χ4v) is 2.63. The summed E-state index contributed by atoms with van der Waals surface area (Å²) in [5.74, 6) is -1.11. The molecule has 1 aromatic carbocycles. The van der Waals surface area contributed by atoms with Crippen molar-refractivity contribution in [1.29, 1.82) is 0 Å². The molecule has 3 rings (SSSR count). The van der Waals surface area contributed by atoms with Crippen molar-refractivity contribution < 1.29 is 14.0 Å². The Balaban J connectivity index is 2.04. The molecule has 6 nitrogen and oxygen atoms in total. The van der Waals surface area contributed by atoms with Gasteiger partial charge in [0.1, 0.15) is 5.58 Å². The van der Waals surface area contributed by atoms with Crippen LogP contribution in [0.1, 0.15) is 12.0 Å². The summed E-state index contributed by atoms with van der Waals surface area (Å²) in [4.78, 5) is 36.1. The van der Waals surface area contributed by atoms with Gasteiger partial charge in [-0.15, -0.1) is 0 Å². The van der Waals surface area contributed by atoms with Gasteiger partial charge in [0.2, 0.25) is 11.8 Å². The van der Waals surface area contributed by atoms with Gasteiger partial charge in [0.25, 0.3) is 0 Å². The van der Waals surface area contributed by atoms with Crippen LogP contribution >= 0.6 is 0 Å². The molecule has 1 saturated heterocycles. The fourth-order valence-electron chi connectivity index (χ4n) is 2.63. The first-order chi connectivity index (χ1) is 9.95. The molecule has 1 aliphatic heterocycles. The number of aryl methyl sites for hydroxylation is 1. The highest BCUT2D eigenvalue weighted by molar-refractivity contribution is 6.01. The minimum atomic E-state index is -0.478. The third kappa shape index (κ3) is 2.29. The molecule has 2 N–H and O–H groups in total. The van der Waals surface area contributed by atoms with Gasteiger partial charge in [0.05, 0.1) is 5.92 Å². The molecule has 2 amide bonds. The molecule has 0 aliphatic carbocycles. The number of amides is 2. The lowest BCUT2D eigenvalue weighted by Crippen LogP contribution is -2.28. The van der Waals surface area contributed by atoms with Crippen molar-refractivity contribution in [2.45, 2.75) is 13.3 Å². The molecule has 0 radical (unpaired) electrons. The van der Waals surface area contributed by atoms with E-state index >= 15 is 0 Å². The summed E-state index contributed by atoms with van der Waals surface area (Å²) in [6.07, 6.45) is 0.116. The SMILES string of the molecule is Cc1cc(=O)oc2cc(N3CC(C(N)=O)CC3=O)ccc12. The normalized spacial score (nSPS) is 18.4. The molecule has 2 aromatic rings. The summed E-state index contributed by atoms with van der Waals surface area (Å²) in [6.45, 7) is 2.08. The maximum atomic E-state index is 12.0. The molecule has 0 bridgehead atoms. The molecule has 0 saturated carbocycles. The summed E-state index contributed by atoms with van der Waals surface area (Å²) < 4.78 is 5.17. The van der Waals surface area contributed by atoms with Crippen LogP contribution in [0.25, 0.3) is 11.0 Å². The van der Waals surface area contributed by atoms with Crippen LogP contribution in [-0.4, -0.2) is 18.4 Å². The van der Waals surface area contributed by atoms with Gasteiger partial charge in [-0.2, -0.15) is 0 Å². The minimum absolute atomic E-state index is 0.116. The average Bonchev–Trinajstić information content (AvgIpc) is 2.80. The molecule has 108 valence electrons.